The molecule has 2 fully saturated rings. The molecular weight excluding hydrogens is 334 g/mol. The Morgan fingerprint density at radius 3 is 2.58 bits per heavy atom. The lowest BCUT2D eigenvalue weighted by Gasteiger charge is -2.40. The Morgan fingerprint density at radius 2 is 1.92 bits per heavy atom. The van der Waals surface area contributed by atoms with Crippen molar-refractivity contribution in [3.8, 4) is 0 Å². The van der Waals surface area contributed by atoms with Gasteiger partial charge in [0.05, 0.1) is 5.69 Å². The minimum atomic E-state index is -0.548. The molecule has 7 heteroatoms. The second kappa shape index (κ2) is 7.60. The predicted octanol–water partition coefficient (Wildman–Crippen LogP) is 3.61. The summed E-state index contributed by atoms with van der Waals surface area (Å²) < 4.78 is 10.6. The number of hydrogen-bond donors (Lipinski definition) is 1. The van der Waals surface area contributed by atoms with Gasteiger partial charge in [-0.2, -0.15) is 0 Å². The molecule has 3 heterocycles. The van der Waals surface area contributed by atoms with Crippen molar-refractivity contribution in [2.24, 2.45) is 0 Å². The number of furan rings is 1. The molecule has 0 spiro atoms. The maximum atomic E-state index is 12.1. The van der Waals surface area contributed by atoms with E-state index in [1.54, 1.807) is 6.26 Å². The summed E-state index contributed by atoms with van der Waals surface area (Å²) in [5.41, 5.74) is 0.929. The molecule has 0 aliphatic carbocycles. The van der Waals surface area contributed by atoms with Crippen LogP contribution in [0.1, 0.15) is 52.9 Å². The number of nitrogens with zero attached hydrogens (tertiary/aromatic N) is 2. The second-order valence-electron chi connectivity index (χ2n) is 8.06. The third kappa shape index (κ3) is 4.51. The molecule has 144 valence electrons. The van der Waals surface area contributed by atoms with Crippen molar-refractivity contribution >= 4 is 23.4 Å². The molecule has 26 heavy (non-hydrogen) atoms. The Balaban J connectivity index is 1.57. The van der Waals surface area contributed by atoms with Gasteiger partial charge in [-0.3, -0.25) is 10.1 Å². The zero-order chi connectivity index (χ0) is 18.7. The van der Waals surface area contributed by atoms with Crippen LogP contribution in [0.2, 0.25) is 0 Å². The lowest BCUT2D eigenvalue weighted by Crippen LogP contribution is -2.49. The highest BCUT2D eigenvalue weighted by atomic mass is 16.6. The molecule has 2 aliphatic rings. The van der Waals surface area contributed by atoms with Crippen molar-refractivity contribution in [1.82, 2.24) is 4.90 Å². The van der Waals surface area contributed by atoms with Crippen molar-refractivity contribution in [3.63, 3.8) is 0 Å². The van der Waals surface area contributed by atoms with Crippen molar-refractivity contribution in [1.29, 1.82) is 0 Å². The zero-order valence-corrected chi connectivity index (χ0v) is 15.9. The number of rotatable bonds is 3. The number of amides is 2. The van der Waals surface area contributed by atoms with Gasteiger partial charge in [0.1, 0.15) is 23.8 Å². The standard InChI is InChI=1S/C19H29N3O4/c1-19(2,3)26-18(24)20-15-12-25-13-16(15)21-10-7-14(8-11-21)22-9-5-4-6-17(22)23/h12-14H,4-11H2,1-3H3,(H,20,24). The maximum Gasteiger partial charge on any atom is 0.412 e. The molecule has 2 saturated heterocycles. The normalized spacial score (nSPS) is 19.6. The monoisotopic (exact) mass is 363 g/mol. The van der Waals surface area contributed by atoms with Crippen LogP contribution in [0.15, 0.2) is 16.9 Å². The summed E-state index contributed by atoms with van der Waals surface area (Å²) in [5.74, 6) is 0.297. The molecule has 7 nitrogen and oxygen atoms in total. The van der Waals surface area contributed by atoms with E-state index >= 15 is 0 Å². The van der Waals surface area contributed by atoms with E-state index in [0.29, 0.717) is 24.1 Å². The molecule has 3 rings (SSSR count). The Labute approximate surface area is 154 Å². The van der Waals surface area contributed by atoms with E-state index in [1.807, 2.05) is 20.8 Å². The lowest BCUT2D eigenvalue weighted by molar-refractivity contribution is -0.136. The fraction of sp³-hybridized carbons (Fsp3) is 0.684. The second-order valence-corrected chi connectivity index (χ2v) is 8.06. The number of hydrogen-bond acceptors (Lipinski definition) is 5. The topological polar surface area (TPSA) is 75.0 Å². The lowest BCUT2D eigenvalue weighted by atomic mass is 9.99. The van der Waals surface area contributed by atoms with Crippen molar-refractivity contribution in [3.05, 3.63) is 12.5 Å². The summed E-state index contributed by atoms with van der Waals surface area (Å²) in [6.45, 7) is 8.04. The van der Waals surface area contributed by atoms with Crippen LogP contribution in [0.25, 0.3) is 0 Å². The molecular formula is C19H29N3O4. The molecule has 1 N–H and O–H groups in total. The fourth-order valence-corrected chi connectivity index (χ4v) is 3.67. The number of carbonyl (C=O) groups is 2. The smallest absolute Gasteiger partial charge is 0.412 e. The number of anilines is 2. The third-order valence-corrected chi connectivity index (χ3v) is 4.88. The molecule has 1 aromatic heterocycles. The van der Waals surface area contributed by atoms with Gasteiger partial charge in [-0.25, -0.2) is 4.79 Å². The summed E-state index contributed by atoms with van der Waals surface area (Å²) in [4.78, 5) is 28.4. The fourth-order valence-electron chi connectivity index (χ4n) is 3.67. The quantitative estimate of drug-likeness (QED) is 0.888. The Bertz CT molecular complexity index is 641. The van der Waals surface area contributed by atoms with Crippen LogP contribution in [0.5, 0.6) is 0 Å². The van der Waals surface area contributed by atoms with E-state index < -0.39 is 11.7 Å². The molecule has 2 amide bonds. The van der Waals surface area contributed by atoms with Crippen LogP contribution in [-0.4, -0.2) is 48.2 Å². The number of ether oxygens (including phenoxy) is 1. The van der Waals surface area contributed by atoms with E-state index in [4.69, 9.17) is 9.15 Å². The van der Waals surface area contributed by atoms with Crippen LogP contribution in [-0.2, 0) is 9.53 Å². The maximum absolute atomic E-state index is 12.1. The van der Waals surface area contributed by atoms with Gasteiger partial charge in [-0.1, -0.05) is 0 Å². The average molecular weight is 363 g/mol. The summed E-state index contributed by atoms with van der Waals surface area (Å²) in [6.07, 6.45) is 7.37. The van der Waals surface area contributed by atoms with Gasteiger partial charge in [0, 0.05) is 32.1 Å². The van der Waals surface area contributed by atoms with E-state index in [2.05, 4.69) is 15.1 Å². The number of likely N-dealkylation sites (tertiary alicyclic amines) is 1. The first-order chi connectivity index (χ1) is 12.3. The minimum absolute atomic E-state index is 0.297. The summed E-state index contributed by atoms with van der Waals surface area (Å²) in [7, 11) is 0. The molecule has 1 aromatic rings. The van der Waals surface area contributed by atoms with Gasteiger partial charge >= 0.3 is 6.09 Å². The van der Waals surface area contributed by atoms with E-state index in [9.17, 15) is 9.59 Å². The molecule has 2 aliphatic heterocycles. The molecule has 0 atom stereocenters. The van der Waals surface area contributed by atoms with Crippen LogP contribution in [0.3, 0.4) is 0 Å². The Kier molecular flexibility index (Phi) is 5.44. The molecule has 0 aromatic carbocycles. The number of piperidine rings is 2. The van der Waals surface area contributed by atoms with Crippen molar-refractivity contribution in [2.75, 3.05) is 29.9 Å². The van der Waals surface area contributed by atoms with Crippen LogP contribution in [0, 0.1) is 0 Å². The summed E-state index contributed by atoms with van der Waals surface area (Å²) in [6, 6.07) is 0.327. The third-order valence-electron chi connectivity index (χ3n) is 4.88. The van der Waals surface area contributed by atoms with Crippen molar-refractivity contribution in [2.45, 2.75) is 64.5 Å². The first-order valence-corrected chi connectivity index (χ1v) is 9.44. The Morgan fingerprint density at radius 1 is 1.19 bits per heavy atom. The number of nitrogens with one attached hydrogen (secondary N) is 1. The largest absolute Gasteiger partial charge is 0.468 e. The summed E-state index contributed by atoms with van der Waals surface area (Å²) in [5, 5.41) is 2.76. The zero-order valence-electron chi connectivity index (χ0n) is 15.9. The van der Waals surface area contributed by atoms with E-state index in [1.165, 1.54) is 6.26 Å². The first kappa shape index (κ1) is 18.6. The highest BCUT2D eigenvalue weighted by Gasteiger charge is 2.30. The molecule has 0 radical (unpaired) electrons. The Hall–Kier alpha value is -2.18. The molecule has 0 saturated carbocycles. The van der Waals surface area contributed by atoms with E-state index in [-0.39, 0.29) is 0 Å². The van der Waals surface area contributed by atoms with Gasteiger partial charge in [-0.05, 0) is 46.5 Å². The minimum Gasteiger partial charge on any atom is -0.468 e. The van der Waals surface area contributed by atoms with Crippen LogP contribution in [0.4, 0.5) is 16.2 Å². The van der Waals surface area contributed by atoms with E-state index in [0.717, 1.165) is 51.0 Å². The van der Waals surface area contributed by atoms with Crippen LogP contribution >= 0.6 is 0 Å². The highest BCUT2D eigenvalue weighted by Crippen LogP contribution is 2.31. The highest BCUT2D eigenvalue weighted by molar-refractivity contribution is 5.89. The summed E-state index contributed by atoms with van der Waals surface area (Å²) >= 11 is 0. The van der Waals surface area contributed by atoms with Gasteiger partial charge in [-0.15, -0.1) is 0 Å². The molecule has 0 unspecified atom stereocenters. The predicted molar refractivity (Wildman–Crippen MR) is 99.4 cm³/mol. The SMILES string of the molecule is CC(C)(C)OC(=O)Nc1cocc1N1CCC(N2CCCCC2=O)CC1. The first-order valence-electron chi connectivity index (χ1n) is 9.44. The van der Waals surface area contributed by atoms with Gasteiger partial charge in [0.25, 0.3) is 0 Å². The average Bonchev–Trinajstić information content (AvgIpc) is 3.02. The van der Waals surface area contributed by atoms with Gasteiger partial charge < -0.3 is 19.0 Å². The van der Waals surface area contributed by atoms with Gasteiger partial charge in [0.15, 0.2) is 0 Å². The molecule has 0 bridgehead atoms. The van der Waals surface area contributed by atoms with Crippen LogP contribution < -0.4 is 10.2 Å². The number of carbonyl (C=O) groups excluding carboxylic acids is 2. The van der Waals surface area contributed by atoms with Gasteiger partial charge in [0.2, 0.25) is 5.91 Å². The van der Waals surface area contributed by atoms with Crippen molar-refractivity contribution < 1.29 is 18.7 Å².